The topological polar surface area (TPSA) is 83.6 Å². The molecule has 3 aromatic carbocycles. The molecule has 1 aliphatic heterocycles. The molecule has 0 aliphatic carbocycles. The van der Waals surface area contributed by atoms with Gasteiger partial charge in [0.1, 0.15) is 0 Å². The van der Waals surface area contributed by atoms with E-state index in [0.29, 0.717) is 22.5 Å². The molecule has 4 rings (SSSR count). The summed E-state index contributed by atoms with van der Waals surface area (Å²) in [5.74, 6) is -0.845. The van der Waals surface area contributed by atoms with E-state index in [4.69, 9.17) is 0 Å². The number of fused-ring (bicyclic) bond motifs is 1. The molecule has 0 unspecified atom stereocenters. The number of sulfonamides is 1. The molecule has 0 saturated heterocycles. The van der Waals surface area contributed by atoms with Gasteiger partial charge in [-0.2, -0.15) is 0 Å². The standard InChI is InChI=1S/C20H14N2O4S/c23-19-17-8-4-5-9-18(17)20(24)22(19)15-10-12-16(13-11-15)27(25,26)21-14-6-2-1-3-7-14/h1-13,21H. The number of benzene rings is 3. The Labute approximate surface area is 156 Å². The van der Waals surface area contributed by atoms with Crippen molar-refractivity contribution in [2.75, 3.05) is 9.62 Å². The highest BCUT2D eigenvalue weighted by Gasteiger charge is 2.36. The van der Waals surface area contributed by atoms with Crippen LogP contribution in [0.5, 0.6) is 0 Å². The number of anilines is 2. The number of para-hydroxylation sites is 1. The molecule has 7 heteroatoms. The summed E-state index contributed by atoms with van der Waals surface area (Å²) >= 11 is 0. The lowest BCUT2D eigenvalue weighted by Gasteiger charge is -2.14. The number of nitrogens with one attached hydrogen (secondary N) is 1. The minimum atomic E-state index is -3.77. The first kappa shape index (κ1) is 17.0. The van der Waals surface area contributed by atoms with Crippen LogP contribution in [0.4, 0.5) is 11.4 Å². The van der Waals surface area contributed by atoms with Crippen LogP contribution in [0, 0.1) is 0 Å². The number of carbonyl (C=O) groups is 2. The molecule has 134 valence electrons. The Morgan fingerprint density at radius 2 is 1.19 bits per heavy atom. The maximum Gasteiger partial charge on any atom is 0.266 e. The van der Waals surface area contributed by atoms with Crippen LogP contribution in [-0.4, -0.2) is 20.2 Å². The summed E-state index contributed by atoms with van der Waals surface area (Å²) in [5, 5.41) is 0. The van der Waals surface area contributed by atoms with Gasteiger partial charge in [0.15, 0.2) is 0 Å². The van der Waals surface area contributed by atoms with Gasteiger partial charge in [-0.3, -0.25) is 14.3 Å². The molecule has 3 aromatic rings. The molecular weight excluding hydrogens is 364 g/mol. The van der Waals surface area contributed by atoms with E-state index in [2.05, 4.69) is 4.72 Å². The molecule has 0 saturated carbocycles. The molecule has 1 aliphatic rings. The van der Waals surface area contributed by atoms with Crippen molar-refractivity contribution in [3.63, 3.8) is 0 Å². The van der Waals surface area contributed by atoms with Gasteiger partial charge in [-0.1, -0.05) is 30.3 Å². The molecule has 0 bridgehead atoms. The lowest BCUT2D eigenvalue weighted by Crippen LogP contribution is -2.29. The van der Waals surface area contributed by atoms with Crippen molar-refractivity contribution in [2.45, 2.75) is 4.90 Å². The van der Waals surface area contributed by atoms with Gasteiger partial charge in [0, 0.05) is 5.69 Å². The van der Waals surface area contributed by atoms with Crippen molar-refractivity contribution in [1.29, 1.82) is 0 Å². The van der Waals surface area contributed by atoms with E-state index < -0.39 is 21.8 Å². The van der Waals surface area contributed by atoms with Crippen molar-refractivity contribution in [3.05, 3.63) is 90.0 Å². The number of amides is 2. The average Bonchev–Trinajstić information content (AvgIpc) is 2.93. The third kappa shape index (κ3) is 2.98. The largest absolute Gasteiger partial charge is 0.280 e. The first-order valence-corrected chi connectivity index (χ1v) is 9.61. The third-order valence-corrected chi connectivity index (χ3v) is 5.62. The van der Waals surface area contributed by atoms with Crippen LogP contribution in [0.15, 0.2) is 83.8 Å². The van der Waals surface area contributed by atoms with Crippen molar-refractivity contribution < 1.29 is 18.0 Å². The second kappa shape index (κ2) is 6.37. The minimum Gasteiger partial charge on any atom is -0.280 e. The van der Waals surface area contributed by atoms with E-state index in [1.165, 1.54) is 24.3 Å². The lowest BCUT2D eigenvalue weighted by molar-refractivity contribution is 0.0926. The fourth-order valence-corrected chi connectivity index (χ4v) is 3.98. The summed E-state index contributed by atoms with van der Waals surface area (Å²) in [5.41, 5.74) is 1.44. The number of hydrogen-bond donors (Lipinski definition) is 1. The van der Waals surface area contributed by atoms with Crippen LogP contribution < -0.4 is 9.62 Å². The smallest absolute Gasteiger partial charge is 0.266 e. The Kier molecular flexibility index (Phi) is 4.01. The Morgan fingerprint density at radius 3 is 1.74 bits per heavy atom. The van der Waals surface area contributed by atoms with Crippen LogP contribution in [-0.2, 0) is 10.0 Å². The van der Waals surface area contributed by atoms with E-state index in [9.17, 15) is 18.0 Å². The fourth-order valence-electron chi connectivity index (χ4n) is 2.92. The van der Waals surface area contributed by atoms with E-state index in [1.807, 2.05) is 0 Å². The van der Waals surface area contributed by atoms with Gasteiger partial charge in [0.05, 0.1) is 21.7 Å². The number of nitrogens with zero attached hydrogens (tertiary/aromatic N) is 1. The van der Waals surface area contributed by atoms with Gasteiger partial charge in [-0.15, -0.1) is 0 Å². The van der Waals surface area contributed by atoms with E-state index in [-0.39, 0.29) is 4.90 Å². The van der Waals surface area contributed by atoms with Crippen molar-refractivity contribution in [3.8, 4) is 0 Å². The molecular formula is C20H14N2O4S. The van der Waals surface area contributed by atoms with E-state index in [0.717, 1.165) is 4.90 Å². The Balaban J connectivity index is 1.62. The van der Waals surface area contributed by atoms with Crippen LogP contribution in [0.1, 0.15) is 20.7 Å². The highest BCUT2D eigenvalue weighted by molar-refractivity contribution is 7.92. The van der Waals surface area contributed by atoms with Gasteiger partial charge in [-0.25, -0.2) is 13.3 Å². The summed E-state index contributed by atoms with van der Waals surface area (Å²) in [6, 6.07) is 20.7. The van der Waals surface area contributed by atoms with Gasteiger partial charge in [-0.05, 0) is 48.5 Å². The average molecular weight is 378 g/mol. The number of carbonyl (C=O) groups excluding carboxylic acids is 2. The molecule has 1 N–H and O–H groups in total. The molecule has 2 amide bonds. The van der Waals surface area contributed by atoms with Crippen LogP contribution in [0.25, 0.3) is 0 Å². The lowest BCUT2D eigenvalue weighted by atomic mass is 10.1. The van der Waals surface area contributed by atoms with Crippen molar-refractivity contribution >= 4 is 33.2 Å². The minimum absolute atomic E-state index is 0.0340. The highest BCUT2D eigenvalue weighted by Crippen LogP contribution is 2.29. The number of imide groups is 1. The fraction of sp³-hybridized carbons (Fsp3) is 0. The highest BCUT2D eigenvalue weighted by atomic mass is 32.2. The zero-order valence-electron chi connectivity index (χ0n) is 14.0. The zero-order valence-corrected chi connectivity index (χ0v) is 14.8. The third-order valence-electron chi connectivity index (χ3n) is 4.23. The SMILES string of the molecule is O=C1c2ccccc2C(=O)N1c1ccc(S(=O)(=O)Nc2ccccc2)cc1. The monoisotopic (exact) mass is 378 g/mol. The molecule has 0 radical (unpaired) electrons. The van der Waals surface area contributed by atoms with Gasteiger partial charge < -0.3 is 0 Å². The molecule has 0 spiro atoms. The van der Waals surface area contributed by atoms with E-state index in [1.54, 1.807) is 54.6 Å². The van der Waals surface area contributed by atoms with E-state index >= 15 is 0 Å². The first-order valence-electron chi connectivity index (χ1n) is 8.13. The predicted molar refractivity (Wildman–Crippen MR) is 101 cm³/mol. The molecule has 0 aromatic heterocycles. The Hall–Kier alpha value is -3.45. The molecule has 1 heterocycles. The summed E-state index contributed by atoms with van der Waals surface area (Å²) in [6.07, 6.45) is 0. The van der Waals surface area contributed by atoms with Crippen molar-refractivity contribution in [1.82, 2.24) is 0 Å². The van der Waals surface area contributed by atoms with Crippen LogP contribution in [0.3, 0.4) is 0 Å². The zero-order chi connectivity index (χ0) is 19.0. The van der Waals surface area contributed by atoms with Gasteiger partial charge in [0.25, 0.3) is 21.8 Å². The van der Waals surface area contributed by atoms with Gasteiger partial charge >= 0.3 is 0 Å². The van der Waals surface area contributed by atoms with Crippen LogP contribution >= 0.6 is 0 Å². The summed E-state index contributed by atoms with van der Waals surface area (Å²) in [6.45, 7) is 0. The van der Waals surface area contributed by atoms with Gasteiger partial charge in [0.2, 0.25) is 0 Å². The maximum absolute atomic E-state index is 12.5. The molecule has 0 atom stereocenters. The number of hydrogen-bond acceptors (Lipinski definition) is 4. The Bertz CT molecular complexity index is 1110. The maximum atomic E-state index is 12.5. The molecule has 27 heavy (non-hydrogen) atoms. The van der Waals surface area contributed by atoms with Crippen LogP contribution in [0.2, 0.25) is 0 Å². The Morgan fingerprint density at radius 1 is 0.667 bits per heavy atom. The summed E-state index contributed by atoms with van der Waals surface area (Å²) < 4.78 is 27.4. The van der Waals surface area contributed by atoms with Crippen molar-refractivity contribution in [2.24, 2.45) is 0 Å². The molecule has 6 nitrogen and oxygen atoms in total. The normalized spacial score (nSPS) is 13.6. The number of rotatable bonds is 4. The quantitative estimate of drug-likeness (QED) is 0.706. The first-order chi connectivity index (χ1) is 13.0. The second-order valence-electron chi connectivity index (χ2n) is 5.96. The predicted octanol–water partition coefficient (Wildman–Crippen LogP) is 3.29. The second-order valence-corrected chi connectivity index (χ2v) is 7.64. The molecule has 0 fully saturated rings. The summed E-state index contributed by atoms with van der Waals surface area (Å²) in [4.78, 5) is 26.1. The summed E-state index contributed by atoms with van der Waals surface area (Å²) in [7, 11) is -3.77.